The summed E-state index contributed by atoms with van der Waals surface area (Å²) < 4.78 is 25.9. The second kappa shape index (κ2) is 6.45. The molecule has 0 unspecified atom stereocenters. The maximum atomic E-state index is 12.9. The maximum Gasteiger partial charge on any atom is 0.270 e. The van der Waals surface area contributed by atoms with E-state index in [0.717, 1.165) is 24.3 Å². The molecule has 0 fully saturated rings. The molecule has 108 valence electrons. The number of carbonyl (C=O) groups is 2. The molecule has 0 bridgehead atoms. The van der Waals surface area contributed by atoms with Crippen LogP contribution in [-0.4, -0.2) is 11.8 Å². The highest BCUT2D eigenvalue weighted by Gasteiger charge is 2.12. The van der Waals surface area contributed by atoms with Crippen LogP contribution in [0.3, 0.4) is 0 Å². The number of halogens is 3. The summed E-state index contributed by atoms with van der Waals surface area (Å²) >= 11 is 3.05. The number of rotatable bonds is 2. The van der Waals surface area contributed by atoms with E-state index in [1.807, 2.05) is 0 Å². The normalized spacial score (nSPS) is 10.0. The zero-order chi connectivity index (χ0) is 15.4. The van der Waals surface area contributed by atoms with Crippen molar-refractivity contribution in [3.8, 4) is 0 Å². The van der Waals surface area contributed by atoms with Crippen LogP contribution in [0.25, 0.3) is 0 Å². The number of hydrogen-bond acceptors (Lipinski definition) is 2. The molecule has 0 aliphatic carbocycles. The van der Waals surface area contributed by atoms with E-state index in [0.29, 0.717) is 0 Å². The molecule has 0 heterocycles. The number of amides is 2. The molecule has 0 aliphatic heterocycles. The summed E-state index contributed by atoms with van der Waals surface area (Å²) in [7, 11) is 0. The largest absolute Gasteiger partial charge is 0.270 e. The summed E-state index contributed by atoms with van der Waals surface area (Å²) in [6.45, 7) is 0. The van der Waals surface area contributed by atoms with Gasteiger partial charge in [0, 0.05) is 10.0 Å². The van der Waals surface area contributed by atoms with Gasteiger partial charge in [0.1, 0.15) is 11.6 Å². The standard InChI is InChI=1S/C14H9BrF2N2O2/c15-12-7-10(17)5-6-11(12)14(21)19-18-13(20)8-1-3-9(16)4-2-8/h1-7H,(H,18,20)(H,19,21). The van der Waals surface area contributed by atoms with Crippen molar-refractivity contribution in [3.63, 3.8) is 0 Å². The minimum atomic E-state index is -0.614. The quantitative estimate of drug-likeness (QED) is 0.814. The summed E-state index contributed by atoms with van der Waals surface area (Å²) in [5.41, 5.74) is 4.72. The predicted octanol–water partition coefficient (Wildman–Crippen LogP) is 2.80. The second-order valence-electron chi connectivity index (χ2n) is 4.04. The van der Waals surface area contributed by atoms with Crippen LogP contribution in [0.4, 0.5) is 8.78 Å². The van der Waals surface area contributed by atoms with Crippen molar-refractivity contribution in [1.29, 1.82) is 0 Å². The van der Waals surface area contributed by atoms with E-state index in [1.54, 1.807) is 0 Å². The molecule has 0 spiro atoms. The fourth-order valence-corrected chi connectivity index (χ4v) is 2.06. The summed E-state index contributed by atoms with van der Waals surface area (Å²) in [4.78, 5) is 23.5. The van der Waals surface area contributed by atoms with Crippen molar-refractivity contribution in [1.82, 2.24) is 10.9 Å². The first-order valence-corrected chi connectivity index (χ1v) is 6.58. The zero-order valence-corrected chi connectivity index (χ0v) is 12.1. The lowest BCUT2D eigenvalue weighted by atomic mass is 10.2. The topological polar surface area (TPSA) is 58.2 Å². The van der Waals surface area contributed by atoms with Crippen LogP contribution in [0.5, 0.6) is 0 Å². The number of hydrazine groups is 1. The molecule has 2 N–H and O–H groups in total. The van der Waals surface area contributed by atoms with Gasteiger partial charge in [-0.1, -0.05) is 0 Å². The van der Waals surface area contributed by atoms with Crippen molar-refractivity contribution in [2.75, 3.05) is 0 Å². The van der Waals surface area contributed by atoms with Crippen LogP contribution in [-0.2, 0) is 0 Å². The Hall–Kier alpha value is -2.28. The van der Waals surface area contributed by atoms with Crippen molar-refractivity contribution in [2.24, 2.45) is 0 Å². The van der Waals surface area contributed by atoms with Crippen LogP contribution >= 0.6 is 15.9 Å². The van der Waals surface area contributed by atoms with Gasteiger partial charge in [0.2, 0.25) is 0 Å². The second-order valence-corrected chi connectivity index (χ2v) is 4.89. The van der Waals surface area contributed by atoms with Gasteiger partial charge in [-0.05, 0) is 58.4 Å². The van der Waals surface area contributed by atoms with Gasteiger partial charge in [0.05, 0.1) is 5.56 Å². The van der Waals surface area contributed by atoms with Crippen LogP contribution in [0.1, 0.15) is 20.7 Å². The van der Waals surface area contributed by atoms with E-state index in [4.69, 9.17) is 0 Å². The van der Waals surface area contributed by atoms with Gasteiger partial charge in [-0.3, -0.25) is 20.4 Å². The highest BCUT2D eigenvalue weighted by molar-refractivity contribution is 9.10. The first-order valence-electron chi connectivity index (χ1n) is 5.78. The average molecular weight is 355 g/mol. The van der Waals surface area contributed by atoms with Crippen LogP contribution in [0.2, 0.25) is 0 Å². The lowest BCUT2D eigenvalue weighted by Gasteiger charge is -2.08. The first-order chi connectivity index (χ1) is 9.97. The van der Waals surface area contributed by atoms with E-state index in [9.17, 15) is 18.4 Å². The van der Waals surface area contributed by atoms with E-state index < -0.39 is 23.4 Å². The molecular formula is C14H9BrF2N2O2. The van der Waals surface area contributed by atoms with Crippen molar-refractivity contribution in [2.45, 2.75) is 0 Å². The Bertz CT molecular complexity index is 690. The lowest BCUT2D eigenvalue weighted by molar-refractivity contribution is 0.0846. The Morgan fingerprint density at radius 2 is 1.43 bits per heavy atom. The summed E-state index contributed by atoms with van der Waals surface area (Å²) in [6, 6.07) is 8.37. The molecule has 2 amide bonds. The third-order valence-corrected chi connectivity index (χ3v) is 3.23. The SMILES string of the molecule is O=C(NNC(=O)c1ccc(F)cc1Br)c1ccc(F)cc1. The number of hydrogen-bond donors (Lipinski definition) is 2. The Kier molecular flexibility index (Phi) is 4.64. The summed E-state index contributed by atoms with van der Waals surface area (Å²) in [6.07, 6.45) is 0. The van der Waals surface area contributed by atoms with Gasteiger partial charge in [0.25, 0.3) is 11.8 Å². The fraction of sp³-hybridized carbons (Fsp3) is 0. The van der Waals surface area contributed by atoms with Crippen LogP contribution < -0.4 is 10.9 Å². The average Bonchev–Trinajstić information content (AvgIpc) is 2.45. The molecule has 0 saturated heterocycles. The molecule has 0 aromatic heterocycles. The predicted molar refractivity (Wildman–Crippen MR) is 75.4 cm³/mol. The monoisotopic (exact) mass is 354 g/mol. The number of nitrogens with one attached hydrogen (secondary N) is 2. The van der Waals surface area contributed by atoms with Crippen molar-refractivity contribution >= 4 is 27.7 Å². The Labute approximate surface area is 127 Å². The molecule has 0 atom stereocenters. The molecule has 0 aliphatic rings. The fourth-order valence-electron chi connectivity index (χ4n) is 1.53. The number of benzene rings is 2. The Morgan fingerprint density at radius 1 is 0.857 bits per heavy atom. The third-order valence-electron chi connectivity index (χ3n) is 2.57. The zero-order valence-electron chi connectivity index (χ0n) is 10.5. The molecule has 4 nitrogen and oxygen atoms in total. The molecule has 2 rings (SSSR count). The minimum absolute atomic E-state index is 0.163. The smallest absolute Gasteiger partial charge is 0.267 e. The highest BCUT2D eigenvalue weighted by Crippen LogP contribution is 2.17. The van der Waals surface area contributed by atoms with Crippen LogP contribution in [0, 0.1) is 11.6 Å². The minimum Gasteiger partial charge on any atom is -0.267 e. The van der Waals surface area contributed by atoms with E-state index in [1.165, 1.54) is 18.2 Å². The lowest BCUT2D eigenvalue weighted by Crippen LogP contribution is -2.41. The molecule has 2 aromatic carbocycles. The van der Waals surface area contributed by atoms with Crippen LogP contribution in [0.15, 0.2) is 46.9 Å². The summed E-state index contributed by atoms with van der Waals surface area (Å²) in [5.74, 6) is -2.17. The van der Waals surface area contributed by atoms with Crippen molar-refractivity contribution in [3.05, 3.63) is 69.7 Å². The van der Waals surface area contributed by atoms with E-state index in [-0.39, 0.29) is 15.6 Å². The molecule has 0 saturated carbocycles. The molecule has 0 radical (unpaired) electrons. The van der Waals surface area contributed by atoms with Gasteiger partial charge < -0.3 is 0 Å². The van der Waals surface area contributed by atoms with Gasteiger partial charge in [-0.25, -0.2) is 8.78 Å². The maximum absolute atomic E-state index is 12.9. The summed E-state index contributed by atoms with van der Waals surface area (Å²) in [5, 5.41) is 0. The molecule has 21 heavy (non-hydrogen) atoms. The van der Waals surface area contributed by atoms with Gasteiger partial charge >= 0.3 is 0 Å². The third kappa shape index (κ3) is 3.85. The van der Waals surface area contributed by atoms with E-state index >= 15 is 0 Å². The van der Waals surface area contributed by atoms with Gasteiger partial charge in [-0.2, -0.15) is 0 Å². The molecule has 7 heteroatoms. The van der Waals surface area contributed by atoms with Crippen molar-refractivity contribution < 1.29 is 18.4 Å². The number of carbonyl (C=O) groups excluding carboxylic acids is 2. The molecule has 2 aromatic rings. The van der Waals surface area contributed by atoms with Gasteiger partial charge in [-0.15, -0.1) is 0 Å². The highest BCUT2D eigenvalue weighted by atomic mass is 79.9. The van der Waals surface area contributed by atoms with E-state index in [2.05, 4.69) is 26.8 Å². The van der Waals surface area contributed by atoms with Gasteiger partial charge in [0.15, 0.2) is 0 Å². The first kappa shape index (κ1) is 15.1. The molecular weight excluding hydrogens is 346 g/mol. The Balaban J connectivity index is 2.00. The Morgan fingerprint density at radius 3 is 2.05 bits per heavy atom.